The lowest BCUT2D eigenvalue weighted by molar-refractivity contribution is -0.199. The van der Waals surface area contributed by atoms with E-state index in [0.717, 1.165) is 5.57 Å². The lowest BCUT2D eigenvalue weighted by Crippen LogP contribution is -2.31. The van der Waals surface area contributed by atoms with Crippen molar-refractivity contribution >= 4 is 11.6 Å². The summed E-state index contributed by atoms with van der Waals surface area (Å²) in [4.78, 5) is 0. The minimum Gasteiger partial charge on any atom is -0.396 e. The third-order valence-electron chi connectivity index (χ3n) is 1.86. The van der Waals surface area contributed by atoms with Crippen molar-refractivity contribution in [3.63, 3.8) is 0 Å². The Morgan fingerprint density at radius 1 is 1.60 bits per heavy atom. The van der Waals surface area contributed by atoms with Gasteiger partial charge in [-0.1, -0.05) is 24.3 Å². The second-order valence-electron chi connectivity index (χ2n) is 3.80. The lowest BCUT2D eigenvalue weighted by atomic mass is 10.1. The number of allylic oxidation sites excluding steroid dienone is 2. The molecule has 0 saturated carbocycles. The topological polar surface area (TPSA) is 49.7 Å². The summed E-state index contributed by atoms with van der Waals surface area (Å²) >= 11 is 5.89. The van der Waals surface area contributed by atoms with E-state index in [0.29, 0.717) is 11.5 Å². The maximum Gasteiger partial charge on any atom is 0.160 e. The van der Waals surface area contributed by atoms with Crippen LogP contribution in [0.5, 0.6) is 0 Å². The van der Waals surface area contributed by atoms with Crippen LogP contribution in [-0.4, -0.2) is 28.7 Å². The van der Waals surface area contributed by atoms with Crippen molar-refractivity contribution in [2.75, 3.05) is 6.61 Å². The summed E-state index contributed by atoms with van der Waals surface area (Å²) in [6.45, 7) is 8.38. The van der Waals surface area contributed by atoms with Crippen molar-refractivity contribution in [3.8, 4) is 0 Å². The van der Waals surface area contributed by atoms with Gasteiger partial charge in [0.1, 0.15) is 0 Å². The molecule has 0 fully saturated rings. The zero-order valence-corrected chi connectivity index (χ0v) is 10.2. The molecule has 0 spiro atoms. The molecule has 0 saturated heterocycles. The van der Waals surface area contributed by atoms with E-state index in [1.54, 1.807) is 6.92 Å². The molecule has 0 aliphatic carbocycles. The fourth-order valence-electron chi connectivity index (χ4n) is 1.14. The second-order valence-corrected chi connectivity index (χ2v) is 4.21. The molecule has 4 heteroatoms. The number of hydrogen-bond acceptors (Lipinski definition) is 3. The molecule has 1 atom stereocenters. The highest BCUT2D eigenvalue weighted by Gasteiger charge is 2.22. The van der Waals surface area contributed by atoms with Crippen molar-refractivity contribution in [1.29, 1.82) is 0 Å². The Kier molecular flexibility index (Phi) is 6.13. The summed E-state index contributed by atoms with van der Waals surface area (Å²) in [5, 5.41) is 18.9. The summed E-state index contributed by atoms with van der Waals surface area (Å²) in [5.41, 5.74) is 0.753. The highest BCUT2D eigenvalue weighted by atomic mass is 35.5. The number of rotatable bonds is 6. The van der Waals surface area contributed by atoms with E-state index in [-0.39, 0.29) is 6.61 Å². The molecule has 88 valence electrons. The smallest absolute Gasteiger partial charge is 0.160 e. The number of aliphatic hydroxyl groups is 2. The van der Waals surface area contributed by atoms with Gasteiger partial charge in [0.25, 0.3) is 0 Å². The van der Waals surface area contributed by atoms with E-state index in [1.165, 1.54) is 19.9 Å². The monoisotopic (exact) mass is 234 g/mol. The SMILES string of the molecule is C=C/C(Cl)=C(\C)C(CCO)OC(C)(C)O. The van der Waals surface area contributed by atoms with Crippen LogP contribution in [0.1, 0.15) is 27.2 Å². The molecular weight excluding hydrogens is 216 g/mol. The third kappa shape index (κ3) is 5.95. The molecule has 0 heterocycles. The Bertz CT molecular complexity index is 241. The molecule has 0 aliphatic rings. The molecule has 2 N–H and O–H groups in total. The van der Waals surface area contributed by atoms with Gasteiger partial charge in [-0.05, 0) is 26.3 Å². The van der Waals surface area contributed by atoms with Gasteiger partial charge in [0.2, 0.25) is 0 Å². The fraction of sp³-hybridized carbons (Fsp3) is 0.636. The first-order valence-electron chi connectivity index (χ1n) is 4.81. The van der Waals surface area contributed by atoms with Crippen LogP contribution in [0, 0.1) is 0 Å². The molecule has 0 aromatic heterocycles. The zero-order chi connectivity index (χ0) is 12.1. The third-order valence-corrected chi connectivity index (χ3v) is 2.31. The minimum atomic E-state index is -1.25. The van der Waals surface area contributed by atoms with Crippen LogP contribution < -0.4 is 0 Å². The van der Waals surface area contributed by atoms with Crippen LogP contribution in [0.25, 0.3) is 0 Å². The summed E-state index contributed by atoms with van der Waals surface area (Å²) < 4.78 is 5.37. The van der Waals surface area contributed by atoms with Gasteiger partial charge >= 0.3 is 0 Å². The minimum absolute atomic E-state index is 0.0284. The first-order chi connectivity index (χ1) is 6.81. The van der Waals surface area contributed by atoms with Gasteiger partial charge in [-0.25, -0.2) is 0 Å². The fourth-order valence-corrected chi connectivity index (χ4v) is 1.27. The van der Waals surface area contributed by atoms with Crippen molar-refractivity contribution in [2.45, 2.75) is 39.1 Å². The molecule has 1 unspecified atom stereocenters. The van der Waals surface area contributed by atoms with E-state index >= 15 is 0 Å². The lowest BCUT2D eigenvalue weighted by Gasteiger charge is -2.27. The second kappa shape index (κ2) is 6.28. The maximum atomic E-state index is 9.52. The Morgan fingerprint density at radius 3 is 2.47 bits per heavy atom. The number of ether oxygens (including phenoxy) is 1. The van der Waals surface area contributed by atoms with Crippen LogP contribution in [0.15, 0.2) is 23.3 Å². The molecule has 0 radical (unpaired) electrons. The highest BCUT2D eigenvalue weighted by Crippen LogP contribution is 2.22. The van der Waals surface area contributed by atoms with Crippen molar-refractivity contribution in [2.24, 2.45) is 0 Å². The van der Waals surface area contributed by atoms with Crippen LogP contribution in [-0.2, 0) is 4.74 Å². The largest absolute Gasteiger partial charge is 0.396 e. The first-order valence-corrected chi connectivity index (χ1v) is 5.19. The van der Waals surface area contributed by atoms with E-state index in [1.807, 2.05) is 0 Å². The van der Waals surface area contributed by atoms with Gasteiger partial charge in [0, 0.05) is 18.1 Å². The maximum absolute atomic E-state index is 9.52. The van der Waals surface area contributed by atoms with Gasteiger partial charge in [0.05, 0.1) is 6.10 Å². The Balaban J connectivity index is 4.74. The molecule has 0 rings (SSSR count). The van der Waals surface area contributed by atoms with E-state index in [2.05, 4.69) is 6.58 Å². The molecule has 15 heavy (non-hydrogen) atoms. The summed E-state index contributed by atoms with van der Waals surface area (Å²) in [7, 11) is 0. The quantitative estimate of drug-likeness (QED) is 0.547. The van der Waals surface area contributed by atoms with Crippen LogP contribution in [0.2, 0.25) is 0 Å². The summed E-state index contributed by atoms with van der Waals surface area (Å²) in [6, 6.07) is 0. The van der Waals surface area contributed by atoms with Crippen LogP contribution in [0.4, 0.5) is 0 Å². The Morgan fingerprint density at radius 2 is 2.13 bits per heavy atom. The first kappa shape index (κ1) is 14.6. The molecule has 0 aromatic carbocycles. The summed E-state index contributed by atoms with van der Waals surface area (Å²) in [6.07, 6.45) is 1.50. The molecule has 0 amide bonds. The number of halogens is 1. The molecule has 3 nitrogen and oxygen atoms in total. The number of hydrogen-bond donors (Lipinski definition) is 2. The molecule has 0 aliphatic heterocycles. The van der Waals surface area contributed by atoms with Crippen LogP contribution >= 0.6 is 11.6 Å². The van der Waals surface area contributed by atoms with Gasteiger partial charge in [-0.2, -0.15) is 0 Å². The van der Waals surface area contributed by atoms with Gasteiger partial charge in [-0.3, -0.25) is 0 Å². The van der Waals surface area contributed by atoms with E-state index < -0.39 is 11.9 Å². The normalized spacial score (nSPS) is 15.9. The van der Waals surface area contributed by atoms with Gasteiger partial charge < -0.3 is 14.9 Å². The standard InChI is InChI=1S/C11H19ClO3/c1-5-9(12)8(2)10(6-7-13)15-11(3,4)14/h5,10,13-14H,1,6-7H2,2-4H3/b9-8-. The molecule has 0 bridgehead atoms. The average molecular weight is 235 g/mol. The summed E-state index contributed by atoms with van der Waals surface area (Å²) in [5.74, 6) is -1.25. The molecular formula is C11H19ClO3. The highest BCUT2D eigenvalue weighted by molar-refractivity contribution is 6.31. The zero-order valence-electron chi connectivity index (χ0n) is 9.46. The predicted molar refractivity (Wildman–Crippen MR) is 61.6 cm³/mol. The predicted octanol–water partition coefficient (Wildman–Crippen LogP) is 2.18. The van der Waals surface area contributed by atoms with Crippen LogP contribution in [0.3, 0.4) is 0 Å². The van der Waals surface area contributed by atoms with Crippen molar-refractivity contribution in [1.82, 2.24) is 0 Å². The Hall–Kier alpha value is -0.350. The van der Waals surface area contributed by atoms with E-state index in [4.69, 9.17) is 21.4 Å². The van der Waals surface area contributed by atoms with Gasteiger partial charge in [-0.15, -0.1) is 0 Å². The van der Waals surface area contributed by atoms with Gasteiger partial charge in [0.15, 0.2) is 5.79 Å². The molecule has 0 aromatic rings. The van der Waals surface area contributed by atoms with Crippen molar-refractivity contribution in [3.05, 3.63) is 23.3 Å². The number of aliphatic hydroxyl groups excluding tert-OH is 1. The Labute approximate surface area is 96.0 Å². The van der Waals surface area contributed by atoms with E-state index in [9.17, 15) is 5.11 Å². The average Bonchev–Trinajstić information content (AvgIpc) is 2.13. The van der Waals surface area contributed by atoms with Crippen molar-refractivity contribution < 1.29 is 14.9 Å².